The van der Waals surface area contributed by atoms with E-state index < -0.39 is 18.4 Å². The van der Waals surface area contributed by atoms with Crippen LogP contribution in [0.3, 0.4) is 0 Å². The number of carbonyl (C=O) groups excluding carboxylic acids is 2. The molecule has 7 heteroatoms. The number of hydrogen-bond acceptors (Lipinski definition) is 4. The van der Waals surface area contributed by atoms with Gasteiger partial charge in [0.1, 0.15) is 5.82 Å². The van der Waals surface area contributed by atoms with Crippen molar-refractivity contribution in [1.29, 1.82) is 0 Å². The fraction of sp³-hybridized carbons (Fsp3) is 0.250. The summed E-state index contributed by atoms with van der Waals surface area (Å²) in [6, 6.07) is 7.63. The molecule has 2 rings (SSSR count). The lowest BCUT2D eigenvalue weighted by atomic mass is 10.1. The molecule has 0 aliphatic rings. The summed E-state index contributed by atoms with van der Waals surface area (Å²) >= 11 is 7.21. The van der Waals surface area contributed by atoms with E-state index in [9.17, 15) is 14.0 Å². The van der Waals surface area contributed by atoms with Gasteiger partial charge in [-0.1, -0.05) is 17.7 Å². The van der Waals surface area contributed by atoms with Gasteiger partial charge in [-0.3, -0.25) is 4.79 Å². The number of ether oxygens (including phenoxy) is 1. The van der Waals surface area contributed by atoms with Crippen LogP contribution in [0.25, 0.3) is 0 Å². The molecule has 122 valence electrons. The summed E-state index contributed by atoms with van der Waals surface area (Å²) in [5.74, 6) is -1.57. The number of likely N-dealkylation sites (N-methyl/N-ethyl adjacent to an activating group) is 1. The Labute approximate surface area is 142 Å². The van der Waals surface area contributed by atoms with Crippen molar-refractivity contribution in [2.75, 3.05) is 13.7 Å². The van der Waals surface area contributed by atoms with Crippen molar-refractivity contribution in [3.63, 3.8) is 0 Å². The molecule has 0 radical (unpaired) electrons. The molecule has 0 spiro atoms. The number of nitrogens with zero attached hydrogens (tertiary/aromatic N) is 1. The van der Waals surface area contributed by atoms with E-state index in [0.717, 1.165) is 10.9 Å². The van der Waals surface area contributed by atoms with Gasteiger partial charge in [-0.25, -0.2) is 9.18 Å². The monoisotopic (exact) mass is 355 g/mol. The molecule has 4 nitrogen and oxygen atoms in total. The number of benzene rings is 1. The molecule has 1 amide bonds. The van der Waals surface area contributed by atoms with Gasteiger partial charge < -0.3 is 9.64 Å². The van der Waals surface area contributed by atoms with Gasteiger partial charge in [0, 0.05) is 11.9 Å². The van der Waals surface area contributed by atoms with Crippen LogP contribution in [0.5, 0.6) is 0 Å². The molecule has 23 heavy (non-hydrogen) atoms. The number of halogens is 2. The topological polar surface area (TPSA) is 46.6 Å². The lowest BCUT2D eigenvalue weighted by Crippen LogP contribution is -2.30. The Balaban J connectivity index is 1.87. The first-order valence-electron chi connectivity index (χ1n) is 6.78. The van der Waals surface area contributed by atoms with Gasteiger partial charge in [0.05, 0.1) is 16.4 Å². The molecule has 0 bridgehead atoms. The van der Waals surface area contributed by atoms with E-state index in [1.165, 1.54) is 28.4 Å². The van der Waals surface area contributed by atoms with Crippen molar-refractivity contribution in [1.82, 2.24) is 4.90 Å². The van der Waals surface area contributed by atoms with Crippen LogP contribution in [0.2, 0.25) is 4.34 Å². The highest BCUT2D eigenvalue weighted by atomic mass is 35.5. The molecule has 2 aromatic rings. The molecular weight excluding hydrogens is 341 g/mol. The van der Waals surface area contributed by atoms with Gasteiger partial charge in [0.2, 0.25) is 0 Å². The summed E-state index contributed by atoms with van der Waals surface area (Å²) < 4.78 is 19.0. The Morgan fingerprint density at radius 2 is 2.04 bits per heavy atom. The zero-order valence-electron chi connectivity index (χ0n) is 12.6. The molecule has 0 saturated heterocycles. The third kappa shape index (κ3) is 4.77. The van der Waals surface area contributed by atoms with Crippen LogP contribution < -0.4 is 0 Å². The number of rotatable bonds is 5. The molecule has 0 fully saturated rings. The summed E-state index contributed by atoms with van der Waals surface area (Å²) in [6.07, 6.45) is 0. The summed E-state index contributed by atoms with van der Waals surface area (Å²) in [7, 11) is 1.61. The maximum absolute atomic E-state index is 13.4. The Kier molecular flexibility index (Phi) is 5.74. The first-order valence-corrected chi connectivity index (χ1v) is 7.97. The number of hydrogen-bond donors (Lipinski definition) is 0. The highest BCUT2D eigenvalue weighted by Gasteiger charge is 2.15. The van der Waals surface area contributed by atoms with E-state index in [2.05, 4.69) is 0 Å². The zero-order chi connectivity index (χ0) is 17.0. The van der Waals surface area contributed by atoms with Crippen LogP contribution in [0, 0.1) is 12.7 Å². The number of amides is 1. The fourth-order valence-corrected chi connectivity index (χ4v) is 2.94. The van der Waals surface area contributed by atoms with Crippen LogP contribution in [0.4, 0.5) is 4.39 Å². The number of carbonyl (C=O) groups is 2. The average Bonchev–Trinajstić information content (AvgIpc) is 2.92. The standard InChI is InChI=1S/C16H15ClFNO3S/c1-10-3-4-11(7-13(10)18)16(21)22-9-15(20)19(2)8-12-5-6-14(17)23-12/h3-7H,8-9H2,1-2H3. The lowest BCUT2D eigenvalue weighted by Gasteiger charge is -2.16. The predicted octanol–water partition coefficient (Wildman–Crippen LogP) is 3.66. The van der Waals surface area contributed by atoms with Crippen LogP contribution in [-0.2, 0) is 16.1 Å². The Morgan fingerprint density at radius 3 is 2.65 bits per heavy atom. The summed E-state index contributed by atoms with van der Waals surface area (Å²) in [4.78, 5) is 26.1. The van der Waals surface area contributed by atoms with Gasteiger partial charge >= 0.3 is 5.97 Å². The quantitative estimate of drug-likeness (QED) is 0.769. The van der Waals surface area contributed by atoms with E-state index in [-0.39, 0.29) is 11.5 Å². The van der Waals surface area contributed by atoms with Gasteiger partial charge in [-0.05, 0) is 36.8 Å². The first-order chi connectivity index (χ1) is 10.9. The van der Waals surface area contributed by atoms with Crippen molar-refractivity contribution >= 4 is 34.8 Å². The maximum atomic E-state index is 13.4. The number of esters is 1. The third-order valence-electron chi connectivity index (χ3n) is 3.18. The Bertz CT molecular complexity index is 732. The highest BCUT2D eigenvalue weighted by Crippen LogP contribution is 2.22. The Morgan fingerprint density at radius 1 is 1.30 bits per heavy atom. The summed E-state index contributed by atoms with van der Waals surface area (Å²) in [5, 5.41) is 0. The number of aryl methyl sites for hydroxylation is 1. The molecule has 0 saturated carbocycles. The number of thiophene rings is 1. The maximum Gasteiger partial charge on any atom is 0.338 e. The third-order valence-corrected chi connectivity index (χ3v) is 4.40. The van der Waals surface area contributed by atoms with Crippen molar-refractivity contribution in [3.8, 4) is 0 Å². The second-order valence-corrected chi connectivity index (χ2v) is 6.80. The van der Waals surface area contributed by atoms with Gasteiger partial charge in [-0.2, -0.15) is 0 Å². The molecule has 0 unspecified atom stereocenters. The average molecular weight is 356 g/mol. The molecule has 1 aromatic carbocycles. The van der Waals surface area contributed by atoms with Crippen molar-refractivity contribution in [2.24, 2.45) is 0 Å². The van der Waals surface area contributed by atoms with E-state index >= 15 is 0 Å². The first kappa shape index (κ1) is 17.4. The normalized spacial score (nSPS) is 10.4. The molecule has 1 aromatic heterocycles. The minimum Gasteiger partial charge on any atom is -0.452 e. The zero-order valence-corrected chi connectivity index (χ0v) is 14.2. The SMILES string of the molecule is Cc1ccc(C(=O)OCC(=O)N(C)Cc2ccc(Cl)s2)cc1F. The van der Waals surface area contributed by atoms with Crippen molar-refractivity contribution in [3.05, 3.63) is 56.5 Å². The lowest BCUT2D eigenvalue weighted by molar-refractivity contribution is -0.133. The van der Waals surface area contributed by atoms with E-state index in [1.807, 2.05) is 6.07 Å². The largest absolute Gasteiger partial charge is 0.452 e. The highest BCUT2D eigenvalue weighted by molar-refractivity contribution is 7.16. The van der Waals surface area contributed by atoms with E-state index in [4.69, 9.17) is 16.3 Å². The molecule has 0 atom stereocenters. The predicted molar refractivity (Wildman–Crippen MR) is 87.2 cm³/mol. The molecule has 1 heterocycles. The van der Waals surface area contributed by atoms with Crippen molar-refractivity contribution < 1.29 is 18.7 Å². The second kappa shape index (κ2) is 7.57. The molecule has 0 N–H and O–H groups in total. The van der Waals surface area contributed by atoms with Gasteiger partial charge in [0.25, 0.3) is 5.91 Å². The van der Waals surface area contributed by atoms with Crippen LogP contribution in [-0.4, -0.2) is 30.4 Å². The van der Waals surface area contributed by atoms with Gasteiger partial charge in [-0.15, -0.1) is 11.3 Å². The molecule has 0 aliphatic heterocycles. The Hall–Kier alpha value is -1.92. The minimum atomic E-state index is -0.732. The molecular formula is C16H15ClFNO3S. The summed E-state index contributed by atoms with van der Waals surface area (Å²) in [6.45, 7) is 1.58. The van der Waals surface area contributed by atoms with E-state index in [1.54, 1.807) is 20.0 Å². The minimum absolute atomic E-state index is 0.0774. The molecule has 0 aliphatic carbocycles. The van der Waals surface area contributed by atoms with Gasteiger partial charge in [0.15, 0.2) is 6.61 Å². The summed E-state index contributed by atoms with van der Waals surface area (Å²) in [5.41, 5.74) is 0.514. The van der Waals surface area contributed by atoms with Crippen LogP contribution in [0.1, 0.15) is 20.8 Å². The van der Waals surface area contributed by atoms with E-state index in [0.29, 0.717) is 16.4 Å². The van der Waals surface area contributed by atoms with Crippen molar-refractivity contribution in [2.45, 2.75) is 13.5 Å². The second-order valence-electron chi connectivity index (χ2n) is 5.00. The smallest absolute Gasteiger partial charge is 0.338 e. The van der Waals surface area contributed by atoms with Crippen LogP contribution >= 0.6 is 22.9 Å². The fourth-order valence-electron chi connectivity index (χ4n) is 1.80. The van der Waals surface area contributed by atoms with Crippen LogP contribution in [0.15, 0.2) is 30.3 Å².